The fourth-order valence-corrected chi connectivity index (χ4v) is 4.73. The summed E-state index contributed by atoms with van der Waals surface area (Å²) in [6.45, 7) is 3.41. The van der Waals surface area contributed by atoms with Crippen LogP contribution in [0.3, 0.4) is 0 Å². The maximum absolute atomic E-state index is 13.2. The molecule has 2 aliphatic heterocycles. The normalized spacial score (nSPS) is 21.6. The van der Waals surface area contributed by atoms with E-state index in [4.69, 9.17) is 5.73 Å². The number of anilines is 1. The van der Waals surface area contributed by atoms with Crippen LogP contribution in [0.4, 0.5) is 19.0 Å². The van der Waals surface area contributed by atoms with E-state index in [1.165, 1.54) is 6.20 Å². The van der Waals surface area contributed by atoms with Crippen LogP contribution in [0.1, 0.15) is 29.8 Å². The molecule has 2 aliphatic rings. The molecule has 3 aromatic heterocycles. The van der Waals surface area contributed by atoms with Crippen LogP contribution in [0.2, 0.25) is 0 Å². The van der Waals surface area contributed by atoms with Gasteiger partial charge in [-0.1, -0.05) is 0 Å². The van der Waals surface area contributed by atoms with E-state index in [-0.39, 0.29) is 5.41 Å². The van der Waals surface area contributed by atoms with E-state index in [1.54, 1.807) is 6.33 Å². The van der Waals surface area contributed by atoms with Crippen LogP contribution in [0, 0.1) is 0 Å². The van der Waals surface area contributed by atoms with Crippen molar-refractivity contribution in [3.8, 4) is 11.3 Å². The average molecular weight is 417 g/mol. The molecule has 1 saturated heterocycles. The third-order valence-corrected chi connectivity index (χ3v) is 6.22. The Morgan fingerprint density at radius 2 is 1.97 bits per heavy atom. The van der Waals surface area contributed by atoms with Gasteiger partial charge in [-0.05, 0) is 31.5 Å². The molecular formula is C20H22F3N7. The van der Waals surface area contributed by atoms with E-state index in [1.807, 2.05) is 28.6 Å². The van der Waals surface area contributed by atoms with E-state index in [0.29, 0.717) is 11.3 Å². The van der Waals surface area contributed by atoms with Crippen LogP contribution in [-0.2, 0) is 31.7 Å². The second-order valence-electron chi connectivity index (χ2n) is 8.31. The van der Waals surface area contributed by atoms with Crippen molar-refractivity contribution in [2.75, 3.05) is 18.8 Å². The Balaban J connectivity index is 1.41. The highest BCUT2D eigenvalue weighted by Gasteiger charge is 2.45. The fourth-order valence-electron chi connectivity index (χ4n) is 4.73. The minimum absolute atomic E-state index is 0.0197. The smallest absolute Gasteiger partial charge is 0.383 e. The molecule has 0 radical (unpaired) electrons. The Kier molecular flexibility index (Phi) is 4.18. The number of aromatic nitrogens is 5. The average Bonchev–Trinajstić information content (AvgIpc) is 3.43. The minimum Gasteiger partial charge on any atom is -0.383 e. The molecule has 0 unspecified atom stereocenters. The van der Waals surface area contributed by atoms with Gasteiger partial charge in [0.2, 0.25) is 0 Å². The molecule has 1 spiro atoms. The molecule has 3 aromatic rings. The summed E-state index contributed by atoms with van der Waals surface area (Å²) in [5, 5.41) is 4.58. The molecule has 1 atom stereocenters. The monoisotopic (exact) mass is 417 g/mol. The van der Waals surface area contributed by atoms with E-state index < -0.39 is 17.6 Å². The highest BCUT2D eigenvalue weighted by molar-refractivity contribution is 5.63. The Morgan fingerprint density at radius 3 is 2.70 bits per heavy atom. The molecule has 0 saturated carbocycles. The van der Waals surface area contributed by atoms with Crippen LogP contribution in [0.5, 0.6) is 0 Å². The molecule has 30 heavy (non-hydrogen) atoms. The summed E-state index contributed by atoms with van der Waals surface area (Å²) < 4.78 is 43.5. The van der Waals surface area contributed by atoms with Gasteiger partial charge in [-0.3, -0.25) is 9.58 Å². The number of nitrogen functional groups attached to an aromatic ring is 1. The number of fused-ring (bicyclic) bond motifs is 2. The second-order valence-corrected chi connectivity index (χ2v) is 8.31. The summed E-state index contributed by atoms with van der Waals surface area (Å²) in [6, 6.07) is 2.96. The van der Waals surface area contributed by atoms with Gasteiger partial charge < -0.3 is 10.3 Å². The van der Waals surface area contributed by atoms with Crippen LogP contribution in [0.25, 0.3) is 11.3 Å². The lowest BCUT2D eigenvalue weighted by Gasteiger charge is -2.23. The second kappa shape index (κ2) is 6.56. The molecule has 10 heteroatoms. The van der Waals surface area contributed by atoms with Crippen molar-refractivity contribution < 1.29 is 13.2 Å². The van der Waals surface area contributed by atoms with E-state index in [9.17, 15) is 13.2 Å². The molecular weight excluding hydrogens is 395 g/mol. The number of aryl methyl sites for hydroxylation is 2. The van der Waals surface area contributed by atoms with Gasteiger partial charge in [0, 0.05) is 55.7 Å². The van der Waals surface area contributed by atoms with E-state index in [0.717, 1.165) is 56.5 Å². The lowest BCUT2D eigenvalue weighted by atomic mass is 9.82. The van der Waals surface area contributed by atoms with Gasteiger partial charge in [0.1, 0.15) is 5.82 Å². The minimum atomic E-state index is -4.55. The van der Waals surface area contributed by atoms with Gasteiger partial charge in [0.15, 0.2) is 0 Å². The number of hydrogen-bond donors (Lipinski definition) is 1. The highest BCUT2D eigenvalue weighted by atomic mass is 19.4. The third kappa shape index (κ3) is 3.15. The van der Waals surface area contributed by atoms with Crippen molar-refractivity contribution in [1.29, 1.82) is 0 Å². The first-order valence-corrected chi connectivity index (χ1v) is 9.84. The highest BCUT2D eigenvalue weighted by Crippen LogP contribution is 2.44. The van der Waals surface area contributed by atoms with Crippen molar-refractivity contribution in [1.82, 2.24) is 29.2 Å². The molecule has 2 N–H and O–H groups in total. The zero-order valence-electron chi connectivity index (χ0n) is 16.5. The molecule has 0 amide bonds. The number of imidazole rings is 1. The Morgan fingerprint density at radius 1 is 1.17 bits per heavy atom. The molecule has 158 valence electrons. The lowest BCUT2D eigenvalue weighted by Crippen LogP contribution is -2.29. The number of nitrogens with zero attached hydrogens (tertiary/aromatic N) is 6. The van der Waals surface area contributed by atoms with Gasteiger partial charge in [-0.2, -0.15) is 18.3 Å². The van der Waals surface area contributed by atoms with Crippen LogP contribution in [0.15, 0.2) is 30.9 Å². The quantitative estimate of drug-likeness (QED) is 0.709. The van der Waals surface area contributed by atoms with Crippen molar-refractivity contribution in [3.63, 3.8) is 0 Å². The van der Waals surface area contributed by atoms with Crippen molar-refractivity contribution in [2.24, 2.45) is 7.05 Å². The van der Waals surface area contributed by atoms with Gasteiger partial charge in [-0.15, -0.1) is 0 Å². The standard InChI is InChI=1S/C20H22F3N7/c1-28-9-14(26-12-28)10-29-4-2-19(11-29)3-5-30-17(19)7-16(27-30)13-6-15(20(21,22)23)18(24)25-8-13/h6-9,12H,2-5,10-11H2,1H3,(H2,24,25)/t19-/m1/s1. The van der Waals surface area contributed by atoms with Gasteiger partial charge in [0.25, 0.3) is 0 Å². The lowest BCUT2D eigenvalue weighted by molar-refractivity contribution is -0.137. The van der Waals surface area contributed by atoms with Crippen molar-refractivity contribution >= 4 is 5.82 Å². The largest absolute Gasteiger partial charge is 0.419 e. The molecule has 7 nitrogen and oxygen atoms in total. The number of hydrogen-bond acceptors (Lipinski definition) is 5. The van der Waals surface area contributed by atoms with Gasteiger partial charge in [0.05, 0.1) is 23.3 Å². The number of nitrogens with two attached hydrogens (primary N) is 1. The molecule has 5 heterocycles. The number of pyridine rings is 1. The molecule has 0 aliphatic carbocycles. The summed E-state index contributed by atoms with van der Waals surface area (Å²) in [4.78, 5) is 10.5. The van der Waals surface area contributed by atoms with Gasteiger partial charge >= 0.3 is 6.18 Å². The predicted molar refractivity (Wildman–Crippen MR) is 104 cm³/mol. The first kappa shape index (κ1) is 19.1. The molecule has 1 fully saturated rings. The Bertz CT molecular complexity index is 1100. The topological polar surface area (TPSA) is 77.8 Å². The van der Waals surface area contributed by atoms with Crippen LogP contribution >= 0.6 is 0 Å². The number of halogens is 3. The maximum atomic E-state index is 13.2. The maximum Gasteiger partial charge on any atom is 0.419 e. The summed E-state index contributed by atoms with van der Waals surface area (Å²) in [5.74, 6) is -0.518. The number of rotatable bonds is 3. The van der Waals surface area contributed by atoms with Gasteiger partial charge in [-0.25, -0.2) is 9.97 Å². The summed E-state index contributed by atoms with van der Waals surface area (Å²) >= 11 is 0. The zero-order chi connectivity index (χ0) is 21.1. The van der Waals surface area contributed by atoms with Crippen molar-refractivity contribution in [3.05, 3.63) is 47.8 Å². The number of likely N-dealkylation sites (tertiary alicyclic amines) is 1. The summed E-state index contributed by atoms with van der Waals surface area (Å²) in [5.41, 5.74) is 7.45. The van der Waals surface area contributed by atoms with E-state index in [2.05, 4.69) is 20.0 Å². The third-order valence-electron chi connectivity index (χ3n) is 6.22. The van der Waals surface area contributed by atoms with Crippen molar-refractivity contribution in [2.45, 2.75) is 37.5 Å². The summed E-state index contributed by atoms with van der Waals surface area (Å²) in [7, 11) is 1.95. The first-order chi connectivity index (χ1) is 14.2. The Hall–Kier alpha value is -2.88. The SMILES string of the molecule is Cn1cnc(CN2CC[C@@]3(CCn4nc(-c5cnc(N)c(C(F)(F)F)c5)cc43)C2)c1. The first-order valence-electron chi connectivity index (χ1n) is 9.84. The molecule has 5 rings (SSSR count). The Labute approximate surface area is 171 Å². The molecule has 0 aromatic carbocycles. The summed E-state index contributed by atoms with van der Waals surface area (Å²) in [6.07, 6.45) is 2.62. The zero-order valence-corrected chi connectivity index (χ0v) is 16.5. The van der Waals surface area contributed by atoms with Crippen LogP contribution in [-0.4, -0.2) is 42.3 Å². The number of alkyl halides is 3. The van der Waals surface area contributed by atoms with E-state index >= 15 is 0 Å². The van der Waals surface area contributed by atoms with Crippen LogP contribution < -0.4 is 5.73 Å². The molecule has 0 bridgehead atoms. The predicted octanol–water partition coefficient (Wildman–Crippen LogP) is 2.83. The fraction of sp³-hybridized carbons (Fsp3) is 0.450.